The van der Waals surface area contributed by atoms with E-state index >= 15 is 0 Å². The third kappa shape index (κ3) is 2.78. The van der Waals surface area contributed by atoms with Gasteiger partial charge in [0.05, 0.1) is 7.11 Å². The zero-order valence-corrected chi connectivity index (χ0v) is 10.5. The zero-order valence-electron chi connectivity index (χ0n) is 10.5. The fraction of sp³-hybridized carbons (Fsp3) is 0.400. The normalized spacial score (nSPS) is 15.1. The fourth-order valence-corrected chi connectivity index (χ4v) is 2.23. The summed E-state index contributed by atoms with van der Waals surface area (Å²) in [6.07, 6.45) is 6.09. The molecule has 0 atom stereocenters. The minimum Gasteiger partial charge on any atom is -0.494 e. The first-order chi connectivity index (χ1) is 8.72. The Morgan fingerprint density at radius 2 is 2.22 bits per heavy atom. The molecule has 0 N–H and O–H groups in total. The second-order valence-electron chi connectivity index (χ2n) is 4.51. The highest BCUT2D eigenvalue weighted by Crippen LogP contribution is 2.23. The van der Waals surface area contributed by atoms with Gasteiger partial charge in [0.1, 0.15) is 0 Å². The van der Waals surface area contributed by atoms with Crippen LogP contribution in [0.5, 0.6) is 5.75 Å². The largest absolute Gasteiger partial charge is 0.494 e. The molecule has 0 aliphatic heterocycles. The number of Topliss-reactive ketones (excluding diaryl/α,β-unsaturated/α-hetero) is 1. The van der Waals surface area contributed by atoms with E-state index in [-0.39, 0.29) is 18.0 Å². The van der Waals surface area contributed by atoms with Gasteiger partial charge in [0.25, 0.3) is 0 Å². The number of carbonyl (C=O) groups is 1. The van der Waals surface area contributed by atoms with Crippen LogP contribution in [-0.2, 0) is 11.2 Å². The van der Waals surface area contributed by atoms with Crippen molar-refractivity contribution in [2.75, 3.05) is 7.11 Å². The van der Waals surface area contributed by atoms with Gasteiger partial charge in [-0.05, 0) is 42.9 Å². The molecule has 0 spiro atoms. The SMILES string of the molecule is COc1cccc(CC(=O)C2=CCCCC2)c1F. The lowest BCUT2D eigenvalue weighted by atomic mass is 9.93. The van der Waals surface area contributed by atoms with Gasteiger partial charge in [-0.2, -0.15) is 0 Å². The molecule has 3 heteroatoms. The smallest absolute Gasteiger partial charge is 0.168 e. The van der Waals surface area contributed by atoms with Crippen LogP contribution in [0.2, 0.25) is 0 Å². The first-order valence-electron chi connectivity index (χ1n) is 6.26. The number of hydrogen-bond donors (Lipinski definition) is 0. The Hall–Kier alpha value is -1.64. The predicted molar refractivity (Wildman–Crippen MR) is 68.2 cm³/mol. The van der Waals surface area contributed by atoms with Gasteiger partial charge in [-0.3, -0.25) is 4.79 Å². The molecule has 1 aliphatic rings. The number of ketones is 1. The van der Waals surface area contributed by atoms with Crippen molar-refractivity contribution in [3.05, 3.63) is 41.2 Å². The number of benzene rings is 1. The second kappa shape index (κ2) is 5.80. The van der Waals surface area contributed by atoms with E-state index in [0.717, 1.165) is 31.3 Å². The number of allylic oxidation sites excluding steroid dienone is 2. The Labute approximate surface area is 106 Å². The molecule has 2 nitrogen and oxygen atoms in total. The van der Waals surface area contributed by atoms with E-state index in [4.69, 9.17) is 4.74 Å². The Morgan fingerprint density at radius 3 is 2.89 bits per heavy atom. The lowest BCUT2D eigenvalue weighted by Crippen LogP contribution is -2.10. The third-order valence-corrected chi connectivity index (χ3v) is 3.26. The van der Waals surface area contributed by atoms with Crippen LogP contribution in [0.3, 0.4) is 0 Å². The van der Waals surface area contributed by atoms with Crippen LogP contribution in [-0.4, -0.2) is 12.9 Å². The van der Waals surface area contributed by atoms with E-state index in [1.165, 1.54) is 7.11 Å². The molecule has 0 aromatic heterocycles. The standard InChI is InChI=1S/C15H17FO2/c1-18-14-9-5-8-12(15(14)16)10-13(17)11-6-3-2-4-7-11/h5-6,8-9H,2-4,7,10H2,1H3. The van der Waals surface area contributed by atoms with Gasteiger partial charge in [-0.1, -0.05) is 18.2 Å². The highest BCUT2D eigenvalue weighted by molar-refractivity contribution is 5.96. The maximum atomic E-state index is 13.9. The Bertz CT molecular complexity index is 477. The molecule has 1 aliphatic carbocycles. The summed E-state index contributed by atoms with van der Waals surface area (Å²) in [5.74, 6) is -0.204. The Kier molecular flexibility index (Phi) is 4.13. The topological polar surface area (TPSA) is 26.3 Å². The van der Waals surface area contributed by atoms with Gasteiger partial charge in [0.15, 0.2) is 17.3 Å². The first kappa shape index (κ1) is 12.8. The van der Waals surface area contributed by atoms with E-state index in [1.807, 2.05) is 6.08 Å². The molecule has 0 heterocycles. The molecule has 1 aromatic rings. The first-order valence-corrected chi connectivity index (χ1v) is 6.26. The number of methoxy groups -OCH3 is 1. The summed E-state index contributed by atoms with van der Waals surface area (Å²) >= 11 is 0. The number of ether oxygens (including phenoxy) is 1. The Morgan fingerprint density at radius 1 is 1.39 bits per heavy atom. The van der Waals surface area contributed by atoms with Crippen molar-refractivity contribution in [1.82, 2.24) is 0 Å². The van der Waals surface area contributed by atoms with Crippen LogP contribution in [0.25, 0.3) is 0 Å². The number of hydrogen-bond acceptors (Lipinski definition) is 2. The minimum atomic E-state index is -0.426. The van der Waals surface area contributed by atoms with Crippen LogP contribution < -0.4 is 4.74 Å². The van der Waals surface area contributed by atoms with E-state index in [0.29, 0.717) is 5.56 Å². The lowest BCUT2D eigenvalue weighted by molar-refractivity contribution is -0.115. The van der Waals surface area contributed by atoms with E-state index < -0.39 is 5.82 Å². The average molecular weight is 248 g/mol. The van der Waals surface area contributed by atoms with Crippen molar-refractivity contribution in [2.45, 2.75) is 32.1 Å². The van der Waals surface area contributed by atoms with Gasteiger partial charge >= 0.3 is 0 Å². The molecule has 0 amide bonds. The van der Waals surface area contributed by atoms with E-state index in [2.05, 4.69) is 0 Å². The van der Waals surface area contributed by atoms with Gasteiger partial charge < -0.3 is 4.74 Å². The number of halogens is 1. The maximum absolute atomic E-state index is 13.9. The summed E-state index contributed by atoms with van der Waals surface area (Å²) in [5.41, 5.74) is 1.26. The molecule has 18 heavy (non-hydrogen) atoms. The van der Waals surface area contributed by atoms with Gasteiger partial charge in [0, 0.05) is 6.42 Å². The molecule has 0 saturated carbocycles. The minimum absolute atomic E-state index is 0.0295. The molecular weight excluding hydrogens is 231 g/mol. The van der Waals surface area contributed by atoms with Crippen LogP contribution in [0.4, 0.5) is 4.39 Å². The summed E-state index contributed by atoms with van der Waals surface area (Å²) in [7, 11) is 1.42. The maximum Gasteiger partial charge on any atom is 0.168 e. The molecule has 0 unspecified atom stereocenters. The molecule has 1 aromatic carbocycles. The van der Waals surface area contributed by atoms with Crippen molar-refractivity contribution in [3.63, 3.8) is 0 Å². The van der Waals surface area contributed by atoms with Gasteiger partial charge in [-0.25, -0.2) is 4.39 Å². The summed E-state index contributed by atoms with van der Waals surface area (Å²) in [5, 5.41) is 0. The van der Waals surface area contributed by atoms with Crippen LogP contribution >= 0.6 is 0 Å². The Balaban J connectivity index is 2.14. The van der Waals surface area contributed by atoms with Crippen molar-refractivity contribution < 1.29 is 13.9 Å². The third-order valence-electron chi connectivity index (χ3n) is 3.26. The number of rotatable bonds is 4. The van der Waals surface area contributed by atoms with Crippen molar-refractivity contribution in [2.24, 2.45) is 0 Å². The lowest BCUT2D eigenvalue weighted by Gasteiger charge is -2.12. The second-order valence-corrected chi connectivity index (χ2v) is 4.51. The van der Waals surface area contributed by atoms with E-state index in [1.54, 1.807) is 18.2 Å². The van der Waals surface area contributed by atoms with Crippen LogP contribution in [0.15, 0.2) is 29.8 Å². The van der Waals surface area contributed by atoms with Crippen LogP contribution in [0, 0.1) is 5.82 Å². The average Bonchev–Trinajstić information content (AvgIpc) is 2.42. The predicted octanol–water partition coefficient (Wildman–Crippen LogP) is 3.45. The van der Waals surface area contributed by atoms with Gasteiger partial charge in [0.2, 0.25) is 0 Å². The molecular formula is C15H17FO2. The molecule has 0 radical (unpaired) electrons. The molecule has 0 saturated heterocycles. The summed E-state index contributed by atoms with van der Waals surface area (Å²) in [4.78, 5) is 12.0. The number of carbonyl (C=O) groups excluding carboxylic acids is 1. The molecule has 0 fully saturated rings. The summed E-state index contributed by atoms with van der Waals surface area (Å²) < 4.78 is 18.8. The quantitative estimate of drug-likeness (QED) is 0.815. The molecule has 0 bridgehead atoms. The van der Waals surface area contributed by atoms with Crippen LogP contribution in [0.1, 0.15) is 31.2 Å². The molecule has 2 rings (SSSR count). The van der Waals surface area contributed by atoms with Crippen molar-refractivity contribution in [1.29, 1.82) is 0 Å². The zero-order chi connectivity index (χ0) is 13.0. The fourth-order valence-electron chi connectivity index (χ4n) is 2.23. The van der Waals surface area contributed by atoms with Crippen molar-refractivity contribution >= 4 is 5.78 Å². The highest BCUT2D eigenvalue weighted by Gasteiger charge is 2.16. The highest BCUT2D eigenvalue weighted by atomic mass is 19.1. The summed E-state index contributed by atoms with van der Waals surface area (Å²) in [6.45, 7) is 0. The molecule has 96 valence electrons. The monoisotopic (exact) mass is 248 g/mol. The van der Waals surface area contributed by atoms with Crippen molar-refractivity contribution in [3.8, 4) is 5.75 Å². The van der Waals surface area contributed by atoms with Gasteiger partial charge in [-0.15, -0.1) is 0 Å². The van der Waals surface area contributed by atoms with E-state index in [9.17, 15) is 9.18 Å². The summed E-state index contributed by atoms with van der Waals surface area (Å²) in [6, 6.07) is 4.90.